The number of ether oxygens (including phenoxy) is 4. The molecule has 2 aliphatic carbocycles. The molecule has 10 nitrogen and oxygen atoms in total. The van der Waals surface area contributed by atoms with Gasteiger partial charge in [-0.25, -0.2) is 4.79 Å². The number of likely N-dealkylation sites (N-methyl/N-ethyl adjacent to an activating group) is 1. The monoisotopic (exact) mass is 563 g/mol. The van der Waals surface area contributed by atoms with Gasteiger partial charge in [0.2, 0.25) is 6.10 Å². The summed E-state index contributed by atoms with van der Waals surface area (Å²) in [5, 5.41) is 22.9. The summed E-state index contributed by atoms with van der Waals surface area (Å²) in [4.78, 5) is 40.2. The van der Waals surface area contributed by atoms with Gasteiger partial charge in [0.25, 0.3) is 0 Å². The van der Waals surface area contributed by atoms with E-state index in [0.717, 1.165) is 23.6 Å². The van der Waals surface area contributed by atoms with E-state index in [1.165, 1.54) is 0 Å². The molecule has 10 heteroatoms. The number of aliphatic hydroxyl groups is 1. The maximum absolute atomic E-state index is 13.4. The minimum Gasteiger partial charge on any atom is -0.504 e. The number of phenolic OH excluding ortho intramolecular Hbond substituents is 1. The number of nitrogens with zero attached hydrogens (tertiary/aromatic N) is 1. The summed E-state index contributed by atoms with van der Waals surface area (Å²) < 4.78 is 22.8. The molecular weight excluding hydrogens is 530 g/mol. The van der Waals surface area contributed by atoms with Crippen LogP contribution in [0.25, 0.3) is 0 Å². The van der Waals surface area contributed by atoms with Crippen molar-refractivity contribution in [1.82, 2.24) is 4.90 Å². The SMILES string of the molecule is CC(=O)O[C@@H](CC(=O)O[C@H](C)c1ccccc1)C(=O)OC1=CC[C@@]2(O)[C@H]3Cc4ccc(O)c5c4C2(CCN3C)C1O5. The average molecular weight is 564 g/mol. The fourth-order valence-corrected chi connectivity index (χ4v) is 7.18. The van der Waals surface area contributed by atoms with Gasteiger partial charge in [0.15, 0.2) is 17.6 Å². The largest absolute Gasteiger partial charge is 0.504 e. The number of rotatable bonds is 7. The zero-order valence-corrected chi connectivity index (χ0v) is 23.2. The number of hydrogen-bond donors (Lipinski definition) is 2. The first-order valence-electron chi connectivity index (χ1n) is 13.8. The van der Waals surface area contributed by atoms with Crippen LogP contribution in [0.3, 0.4) is 0 Å². The number of phenols is 1. The summed E-state index contributed by atoms with van der Waals surface area (Å²) in [7, 11) is 1.98. The molecule has 0 aromatic heterocycles. The fraction of sp³-hybridized carbons (Fsp3) is 0.452. The van der Waals surface area contributed by atoms with Crippen molar-refractivity contribution >= 4 is 17.9 Å². The van der Waals surface area contributed by atoms with Gasteiger partial charge in [-0.3, -0.25) is 9.59 Å². The van der Waals surface area contributed by atoms with Crippen molar-refractivity contribution in [2.24, 2.45) is 0 Å². The number of likely N-dealkylation sites (tertiary alicyclic amines) is 1. The minimum absolute atomic E-state index is 0.0500. The Morgan fingerprint density at radius 2 is 1.90 bits per heavy atom. The van der Waals surface area contributed by atoms with Gasteiger partial charge in [0.05, 0.1) is 17.4 Å². The topological polar surface area (TPSA) is 132 Å². The molecule has 0 saturated carbocycles. The predicted molar refractivity (Wildman–Crippen MR) is 144 cm³/mol. The third-order valence-corrected chi connectivity index (χ3v) is 9.07. The average Bonchev–Trinajstić information content (AvgIpc) is 3.29. The molecule has 2 aromatic carbocycles. The normalized spacial score (nSPS) is 28.8. The maximum atomic E-state index is 13.4. The molecule has 1 spiro atoms. The van der Waals surface area contributed by atoms with Crippen LogP contribution in [0.1, 0.15) is 55.9 Å². The molecule has 1 fully saturated rings. The maximum Gasteiger partial charge on any atom is 0.353 e. The van der Waals surface area contributed by atoms with Gasteiger partial charge in [0, 0.05) is 24.9 Å². The predicted octanol–water partition coefficient (Wildman–Crippen LogP) is 2.84. The van der Waals surface area contributed by atoms with Gasteiger partial charge in [-0.05, 0) is 56.6 Å². The number of aromatic hydroxyl groups is 1. The summed E-state index contributed by atoms with van der Waals surface area (Å²) in [6, 6.07) is 12.4. The lowest BCUT2D eigenvalue weighted by Gasteiger charge is -2.61. The molecule has 1 saturated heterocycles. The Balaban J connectivity index is 1.26. The molecule has 0 radical (unpaired) electrons. The van der Waals surface area contributed by atoms with Crippen molar-refractivity contribution in [3.05, 3.63) is 71.0 Å². The third-order valence-electron chi connectivity index (χ3n) is 9.07. The van der Waals surface area contributed by atoms with Crippen LogP contribution in [0.2, 0.25) is 0 Å². The van der Waals surface area contributed by atoms with Crippen LogP contribution in [0, 0.1) is 0 Å². The van der Waals surface area contributed by atoms with Crippen LogP contribution < -0.4 is 4.74 Å². The molecule has 2 aromatic rings. The Kier molecular flexibility index (Phi) is 6.58. The minimum atomic E-state index is -1.55. The van der Waals surface area contributed by atoms with Crippen LogP contribution in [-0.2, 0) is 40.4 Å². The molecule has 2 N–H and O–H groups in total. The van der Waals surface area contributed by atoms with Crippen molar-refractivity contribution < 1.29 is 43.5 Å². The summed E-state index contributed by atoms with van der Waals surface area (Å²) in [5.41, 5.74) is 0.334. The lowest BCUT2D eigenvalue weighted by molar-refractivity contribution is -0.178. The number of hydrogen-bond acceptors (Lipinski definition) is 10. The first-order valence-corrected chi connectivity index (χ1v) is 13.8. The van der Waals surface area contributed by atoms with E-state index in [-0.39, 0.29) is 29.7 Å². The molecule has 2 bridgehead atoms. The molecule has 6 atom stereocenters. The Morgan fingerprint density at radius 1 is 1.15 bits per heavy atom. The van der Waals surface area contributed by atoms with Crippen molar-refractivity contribution in [3.63, 3.8) is 0 Å². The molecule has 2 heterocycles. The number of carbonyl (C=O) groups excluding carboxylic acids is 3. The highest BCUT2D eigenvalue weighted by Crippen LogP contribution is 2.65. The van der Waals surface area contributed by atoms with Crippen molar-refractivity contribution in [2.45, 2.75) is 74.9 Å². The second-order valence-corrected chi connectivity index (χ2v) is 11.4. The zero-order chi connectivity index (χ0) is 29.1. The Labute approximate surface area is 237 Å². The summed E-state index contributed by atoms with van der Waals surface area (Å²) in [5.74, 6) is -2.07. The molecule has 0 amide bonds. The molecule has 41 heavy (non-hydrogen) atoms. The second kappa shape index (κ2) is 9.88. The van der Waals surface area contributed by atoms with E-state index < -0.39 is 53.7 Å². The zero-order valence-electron chi connectivity index (χ0n) is 23.2. The first kappa shape index (κ1) is 27.3. The molecule has 2 unspecified atom stereocenters. The van der Waals surface area contributed by atoms with E-state index in [2.05, 4.69) is 4.90 Å². The van der Waals surface area contributed by atoms with Gasteiger partial charge < -0.3 is 34.1 Å². The lowest BCUT2D eigenvalue weighted by Crippen LogP contribution is -2.74. The van der Waals surface area contributed by atoms with Crippen LogP contribution in [-0.4, -0.2) is 70.5 Å². The van der Waals surface area contributed by atoms with Crippen molar-refractivity contribution in [1.29, 1.82) is 0 Å². The molecule has 4 aliphatic rings. The fourth-order valence-electron chi connectivity index (χ4n) is 7.18. The van der Waals surface area contributed by atoms with Gasteiger partial charge >= 0.3 is 17.9 Å². The van der Waals surface area contributed by atoms with Crippen LogP contribution in [0.5, 0.6) is 11.5 Å². The van der Waals surface area contributed by atoms with E-state index in [9.17, 15) is 24.6 Å². The molecule has 2 aliphatic heterocycles. The van der Waals surface area contributed by atoms with Gasteiger partial charge in [-0.2, -0.15) is 0 Å². The van der Waals surface area contributed by atoms with Gasteiger partial charge in [0.1, 0.15) is 11.9 Å². The Bertz CT molecular complexity index is 1440. The van der Waals surface area contributed by atoms with E-state index in [1.807, 2.05) is 43.4 Å². The Hall–Kier alpha value is -3.89. The van der Waals surface area contributed by atoms with Crippen LogP contribution >= 0.6 is 0 Å². The molecule has 216 valence electrons. The lowest BCUT2D eigenvalue weighted by atomic mass is 9.50. The summed E-state index contributed by atoms with van der Waals surface area (Å²) in [6.45, 7) is 3.51. The third kappa shape index (κ3) is 4.19. The van der Waals surface area contributed by atoms with E-state index in [4.69, 9.17) is 18.9 Å². The van der Waals surface area contributed by atoms with Crippen LogP contribution in [0.4, 0.5) is 0 Å². The van der Waals surface area contributed by atoms with E-state index in [0.29, 0.717) is 19.4 Å². The highest BCUT2D eigenvalue weighted by molar-refractivity contribution is 5.85. The molecule has 6 rings (SSSR count). The van der Waals surface area contributed by atoms with Crippen LogP contribution in [0.15, 0.2) is 54.3 Å². The number of esters is 3. The van der Waals surface area contributed by atoms with Crippen molar-refractivity contribution in [3.8, 4) is 11.5 Å². The summed E-state index contributed by atoms with van der Waals surface area (Å²) >= 11 is 0. The summed E-state index contributed by atoms with van der Waals surface area (Å²) in [6.07, 6.45) is -0.646. The Morgan fingerprint density at radius 3 is 2.63 bits per heavy atom. The second-order valence-electron chi connectivity index (χ2n) is 11.4. The van der Waals surface area contributed by atoms with E-state index >= 15 is 0 Å². The van der Waals surface area contributed by atoms with E-state index in [1.54, 1.807) is 19.1 Å². The number of benzene rings is 2. The highest BCUT2D eigenvalue weighted by atomic mass is 16.6. The number of piperidine rings is 1. The first-order chi connectivity index (χ1) is 19.5. The quantitative estimate of drug-likeness (QED) is 0.383. The number of carbonyl (C=O) groups is 3. The molecular formula is C31H33NO9. The standard InChI is InChI=1S/C31H33NO9/c1-17(19-7-5-4-6-8-19)38-25(35)16-23(39-18(2)33)29(36)40-22-11-12-31(37)24-15-20-9-10-21(34)27-26(20)30(31,28(22)41-27)13-14-32(24)3/h4-11,17,23-24,28,34,37H,12-16H2,1-3H3/t17-,23+,24-,28?,30?,31-/m1/s1. The smallest absolute Gasteiger partial charge is 0.353 e. The van der Waals surface area contributed by atoms with Crippen molar-refractivity contribution in [2.75, 3.05) is 13.6 Å². The highest BCUT2D eigenvalue weighted by Gasteiger charge is 2.72. The van der Waals surface area contributed by atoms with Gasteiger partial charge in [-0.1, -0.05) is 36.4 Å². The van der Waals surface area contributed by atoms with Gasteiger partial charge in [-0.15, -0.1) is 0 Å².